The number of hydrogen-bond acceptors (Lipinski definition) is 4. The number of nitrogens with zero attached hydrogens (tertiary/aromatic N) is 1. The fourth-order valence-corrected chi connectivity index (χ4v) is 5.12. The fourth-order valence-electron chi connectivity index (χ4n) is 5.12. The third-order valence-electron chi connectivity index (χ3n) is 7.09. The van der Waals surface area contributed by atoms with Gasteiger partial charge in [0.1, 0.15) is 0 Å². The number of aliphatic hydroxyl groups is 2. The van der Waals surface area contributed by atoms with Crippen LogP contribution in [0.1, 0.15) is 64.4 Å². The summed E-state index contributed by atoms with van der Waals surface area (Å²) in [5, 5.41) is 24.5. The first-order valence-corrected chi connectivity index (χ1v) is 12.3. The summed E-state index contributed by atoms with van der Waals surface area (Å²) in [4.78, 5) is 4.05. The van der Waals surface area contributed by atoms with E-state index >= 15 is 0 Å². The Morgan fingerprint density at radius 2 is 2.06 bits per heavy atom. The van der Waals surface area contributed by atoms with Gasteiger partial charge in [-0.2, -0.15) is 0 Å². The highest BCUT2D eigenvalue weighted by Crippen LogP contribution is 2.48. The van der Waals surface area contributed by atoms with Gasteiger partial charge in [0.15, 0.2) is 0 Å². The van der Waals surface area contributed by atoms with Crippen LogP contribution in [0, 0.1) is 35.5 Å². The van der Waals surface area contributed by atoms with E-state index in [0.29, 0.717) is 18.3 Å². The summed E-state index contributed by atoms with van der Waals surface area (Å²) in [5.74, 6) is 7.20. The quantitative estimate of drug-likeness (QED) is 0.254. The van der Waals surface area contributed by atoms with Crippen molar-refractivity contribution < 1.29 is 10.2 Å². The summed E-state index contributed by atoms with van der Waals surface area (Å²) in [6, 6.07) is 4.11. The molecule has 1 aromatic heterocycles. The predicted molar refractivity (Wildman–Crippen MR) is 131 cm³/mol. The lowest BCUT2D eigenvalue weighted by Crippen LogP contribution is -2.19. The minimum atomic E-state index is -0.497. The van der Waals surface area contributed by atoms with E-state index in [0.717, 1.165) is 25.9 Å². The molecule has 6 atom stereocenters. The van der Waals surface area contributed by atoms with Gasteiger partial charge in [-0.15, -0.1) is 11.8 Å². The Morgan fingerprint density at radius 3 is 2.84 bits per heavy atom. The number of aromatic nitrogens is 1. The second kappa shape index (κ2) is 12.9. The third kappa shape index (κ3) is 7.30. The van der Waals surface area contributed by atoms with Crippen molar-refractivity contribution in [2.45, 2.75) is 77.5 Å². The lowest BCUT2D eigenvalue weighted by molar-refractivity contribution is 0.137. The van der Waals surface area contributed by atoms with Crippen LogP contribution in [0.25, 0.3) is 0 Å². The number of fused-ring (bicyclic) bond motifs is 1. The van der Waals surface area contributed by atoms with Crippen molar-refractivity contribution in [2.75, 3.05) is 6.54 Å². The van der Waals surface area contributed by atoms with Crippen LogP contribution in [-0.2, 0) is 6.54 Å². The maximum absolute atomic E-state index is 10.6. The van der Waals surface area contributed by atoms with Crippen molar-refractivity contribution in [3.05, 3.63) is 53.9 Å². The summed E-state index contributed by atoms with van der Waals surface area (Å²) in [5.41, 5.74) is 2.85. The van der Waals surface area contributed by atoms with E-state index in [1.807, 2.05) is 32.3 Å². The average Bonchev–Trinajstić information content (AvgIpc) is 3.32. The average molecular weight is 437 g/mol. The van der Waals surface area contributed by atoms with Gasteiger partial charge in [0.05, 0.1) is 12.2 Å². The lowest BCUT2D eigenvalue weighted by atomic mass is 9.88. The minimum absolute atomic E-state index is 0.115. The standard InChI is InChI=1S/C28H40N2O2/c1-3-4-8-21(2)27(31)11-10-25-26-18-23(17-24(26)19-28(25)32)9-6-5-7-14-30-20-22-12-15-29-16-13-22/h10-13,15-17,21,24-28,30-32H,5-9,14,18-20H2,1-2H3/b11-10+/t21-,24+,25-,26+,27-,28-/m1/s1. The highest BCUT2D eigenvalue weighted by atomic mass is 16.3. The molecule has 0 radical (unpaired) electrons. The van der Waals surface area contributed by atoms with Gasteiger partial charge in [-0.05, 0) is 81.0 Å². The smallest absolute Gasteiger partial charge is 0.0755 e. The van der Waals surface area contributed by atoms with Gasteiger partial charge in [0.25, 0.3) is 0 Å². The summed E-state index contributed by atoms with van der Waals surface area (Å²) < 4.78 is 0. The molecule has 3 N–H and O–H groups in total. The van der Waals surface area contributed by atoms with Crippen molar-refractivity contribution in [1.29, 1.82) is 0 Å². The summed E-state index contributed by atoms with van der Waals surface area (Å²) in [6.45, 7) is 5.82. The second-order valence-electron chi connectivity index (χ2n) is 9.56. The Bertz CT molecular complexity index is 808. The summed E-state index contributed by atoms with van der Waals surface area (Å²) in [7, 11) is 0. The van der Waals surface area contributed by atoms with Gasteiger partial charge >= 0.3 is 0 Å². The predicted octanol–water partition coefficient (Wildman–Crippen LogP) is 4.64. The van der Waals surface area contributed by atoms with Gasteiger partial charge in [-0.1, -0.05) is 37.1 Å². The van der Waals surface area contributed by atoms with Crippen LogP contribution in [0.3, 0.4) is 0 Å². The van der Waals surface area contributed by atoms with Crippen LogP contribution in [0.15, 0.2) is 48.3 Å². The first kappa shape index (κ1) is 24.7. The van der Waals surface area contributed by atoms with E-state index in [4.69, 9.17) is 0 Å². The van der Waals surface area contributed by atoms with Crippen LogP contribution in [0.4, 0.5) is 0 Å². The molecule has 32 heavy (non-hydrogen) atoms. The molecule has 1 fully saturated rings. The number of rotatable bonds is 12. The first-order valence-electron chi connectivity index (χ1n) is 12.3. The van der Waals surface area contributed by atoms with E-state index < -0.39 is 6.10 Å². The molecule has 0 saturated heterocycles. The van der Waals surface area contributed by atoms with E-state index in [1.165, 1.54) is 31.2 Å². The summed E-state index contributed by atoms with van der Waals surface area (Å²) in [6.07, 6.45) is 16.8. The molecular weight excluding hydrogens is 396 g/mol. The molecule has 1 aromatic rings. The van der Waals surface area contributed by atoms with Gasteiger partial charge in [0, 0.05) is 31.3 Å². The van der Waals surface area contributed by atoms with E-state index in [1.54, 1.807) is 5.57 Å². The normalized spacial score (nSPS) is 26.4. The van der Waals surface area contributed by atoms with Crippen LogP contribution < -0.4 is 5.32 Å². The van der Waals surface area contributed by atoms with Crippen molar-refractivity contribution in [2.24, 2.45) is 23.7 Å². The zero-order valence-corrected chi connectivity index (χ0v) is 19.7. The van der Waals surface area contributed by atoms with Crippen molar-refractivity contribution >= 4 is 0 Å². The van der Waals surface area contributed by atoms with E-state index in [-0.39, 0.29) is 17.9 Å². The third-order valence-corrected chi connectivity index (χ3v) is 7.09. The second-order valence-corrected chi connectivity index (χ2v) is 9.56. The topological polar surface area (TPSA) is 65.4 Å². The van der Waals surface area contributed by atoms with Crippen LogP contribution in [-0.4, -0.2) is 33.9 Å². The molecule has 0 spiro atoms. The van der Waals surface area contributed by atoms with Gasteiger partial charge in [0.2, 0.25) is 0 Å². The Morgan fingerprint density at radius 1 is 1.25 bits per heavy atom. The molecule has 174 valence electrons. The number of nitrogens with one attached hydrogen (secondary N) is 1. The molecule has 0 aliphatic heterocycles. The summed E-state index contributed by atoms with van der Waals surface area (Å²) >= 11 is 0. The van der Waals surface area contributed by atoms with E-state index in [2.05, 4.69) is 46.4 Å². The Labute approximate surface area is 194 Å². The Hall–Kier alpha value is -1.93. The van der Waals surface area contributed by atoms with Crippen molar-refractivity contribution in [3.63, 3.8) is 0 Å². The van der Waals surface area contributed by atoms with Gasteiger partial charge in [-0.3, -0.25) is 4.98 Å². The van der Waals surface area contributed by atoms with Crippen molar-refractivity contribution in [3.8, 4) is 11.8 Å². The molecule has 0 bridgehead atoms. The molecule has 2 aliphatic carbocycles. The molecule has 2 aliphatic rings. The Balaban J connectivity index is 1.34. The zero-order valence-electron chi connectivity index (χ0n) is 19.7. The van der Waals surface area contributed by atoms with Crippen LogP contribution in [0.5, 0.6) is 0 Å². The van der Waals surface area contributed by atoms with Crippen LogP contribution in [0.2, 0.25) is 0 Å². The minimum Gasteiger partial charge on any atom is -0.392 e. The first-order chi connectivity index (χ1) is 15.6. The number of aliphatic hydroxyl groups excluding tert-OH is 2. The fraction of sp³-hybridized carbons (Fsp3) is 0.607. The molecule has 3 rings (SSSR count). The van der Waals surface area contributed by atoms with Crippen LogP contribution >= 0.6 is 0 Å². The molecule has 4 nitrogen and oxygen atoms in total. The molecule has 1 saturated carbocycles. The number of unbranched alkanes of at least 4 members (excludes halogenated alkanes) is 2. The lowest BCUT2D eigenvalue weighted by Gasteiger charge is -2.20. The number of hydrogen-bond donors (Lipinski definition) is 3. The molecule has 0 amide bonds. The highest BCUT2D eigenvalue weighted by Gasteiger charge is 2.43. The molecule has 0 unspecified atom stereocenters. The zero-order chi connectivity index (χ0) is 22.8. The molecule has 0 aromatic carbocycles. The SMILES string of the molecule is CC#CC[C@@H](C)[C@H](O)/C=C/[C@@H]1[C@H]2CC(CCCCCNCc3ccncc3)=C[C@H]2C[C@H]1O. The van der Waals surface area contributed by atoms with Gasteiger partial charge in [-0.25, -0.2) is 0 Å². The van der Waals surface area contributed by atoms with Gasteiger partial charge < -0.3 is 15.5 Å². The molecular formula is C28H40N2O2. The Kier molecular flexibility index (Phi) is 9.99. The number of pyridine rings is 1. The van der Waals surface area contributed by atoms with Crippen molar-refractivity contribution in [1.82, 2.24) is 10.3 Å². The maximum atomic E-state index is 10.6. The highest BCUT2D eigenvalue weighted by molar-refractivity contribution is 5.21. The molecule has 4 heteroatoms. The number of allylic oxidation sites excluding steroid dienone is 2. The molecule has 1 heterocycles. The van der Waals surface area contributed by atoms with E-state index in [9.17, 15) is 10.2 Å². The largest absolute Gasteiger partial charge is 0.392 e. The monoisotopic (exact) mass is 436 g/mol. The maximum Gasteiger partial charge on any atom is 0.0755 e.